The summed E-state index contributed by atoms with van der Waals surface area (Å²) >= 11 is 0. The van der Waals surface area contributed by atoms with Crippen LogP contribution in [0.25, 0.3) is 11.4 Å². The highest BCUT2D eigenvalue weighted by molar-refractivity contribution is 5.80. The summed E-state index contributed by atoms with van der Waals surface area (Å²) in [5, 5.41) is 23.2. The van der Waals surface area contributed by atoms with Crippen LogP contribution in [0.3, 0.4) is 0 Å². The highest BCUT2D eigenvalue weighted by atomic mass is 16.4. The molecule has 0 unspecified atom stereocenters. The number of hydrogen-bond donors (Lipinski definition) is 3. The second-order valence-corrected chi connectivity index (χ2v) is 6.33. The number of rotatable bonds is 4. The van der Waals surface area contributed by atoms with Crippen LogP contribution in [0, 0.1) is 5.41 Å². The number of carbonyl (C=O) groups is 1. The Kier molecular flexibility index (Phi) is 3.78. The van der Waals surface area contributed by atoms with Crippen LogP contribution in [0.15, 0.2) is 24.3 Å². The van der Waals surface area contributed by atoms with Gasteiger partial charge in [0.1, 0.15) is 5.54 Å². The van der Waals surface area contributed by atoms with E-state index < -0.39 is 11.5 Å². The zero-order valence-electron chi connectivity index (χ0n) is 12.3. The molecule has 1 aromatic heterocycles. The van der Waals surface area contributed by atoms with Crippen molar-refractivity contribution in [2.24, 2.45) is 11.1 Å². The van der Waals surface area contributed by atoms with Gasteiger partial charge in [0.25, 0.3) is 0 Å². The maximum absolute atomic E-state index is 11.6. The number of aliphatic carboxylic acids is 1. The zero-order valence-corrected chi connectivity index (χ0v) is 12.3. The molecule has 0 spiro atoms. The van der Waals surface area contributed by atoms with Crippen molar-refractivity contribution in [3.05, 3.63) is 29.8 Å². The Labute approximate surface area is 122 Å². The number of nitrogens with zero attached hydrogens (tertiary/aromatic N) is 3. The van der Waals surface area contributed by atoms with Crippen LogP contribution < -0.4 is 5.73 Å². The van der Waals surface area contributed by atoms with E-state index >= 15 is 0 Å². The molecule has 4 N–H and O–H groups in total. The smallest absolute Gasteiger partial charge is 0.328 e. The Balaban J connectivity index is 2.36. The largest absolute Gasteiger partial charge is 0.480 e. The molecule has 0 amide bonds. The molecule has 7 nitrogen and oxygen atoms in total. The highest BCUT2D eigenvalue weighted by Crippen LogP contribution is 2.33. The molecule has 2 aromatic rings. The summed E-state index contributed by atoms with van der Waals surface area (Å²) in [5.74, 6) is -0.583. The molecule has 0 aliphatic rings. The second kappa shape index (κ2) is 5.25. The van der Waals surface area contributed by atoms with E-state index in [9.17, 15) is 9.90 Å². The maximum Gasteiger partial charge on any atom is 0.328 e. The molecule has 1 heterocycles. The highest BCUT2D eigenvalue weighted by Gasteiger charge is 2.39. The number of hydrogen-bond acceptors (Lipinski definition) is 5. The van der Waals surface area contributed by atoms with E-state index in [4.69, 9.17) is 5.73 Å². The van der Waals surface area contributed by atoms with Crippen molar-refractivity contribution in [2.75, 3.05) is 0 Å². The van der Waals surface area contributed by atoms with E-state index in [-0.39, 0.29) is 5.41 Å². The standard InChI is InChI=1S/C14H19N5O2/c1-13(2,3)8-14(15,12(20)21)10-6-4-9(5-7-10)11-16-18-19-17-11/h4-7H,8,15H2,1-3H3,(H,20,21)(H,16,17,18,19)/t14-/m1/s1. The third kappa shape index (κ3) is 3.25. The van der Waals surface area contributed by atoms with E-state index in [1.54, 1.807) is 24.3 Å². The Morgan fingerprint density at radius 2 is 1.90 bits per heavy atom. The van der Waals surface area contributed by atoms with Crippen molar-refractivity contribution in [3.8, 4) is 11.4 Å². The van der Waals surface area contributed by atoms with Crippen molar-refractivity contribution >= 4 is 5.97 Å². The SMILES string of the molecule is CC(C)(C)C[C@](N)(C(=O)O)c1ccc(-c2nn[nH]n2)cc1. The first-order valence-electron chi connectivity index (χ1n) is 6.59. The number of aromatic nitrogens is 4. The normalized spacial score (nSPS) is 14.7. The van der Waals surface area contributed by atoms with Crippen LogP contribution >= 0.6 is 0 Å². The number of carboxylic acid groups (broad SMARTS) is 1. The summed E-state index contributed by atoms with van der Waals surface area (Å²) in [6.45, 7) is 5.89. The van der Waals surface area contributed by atoms with Gasteiger partial charge < -0.3 is 10.8 Å². The van der Waals surface area contributed by atoms with Gasteiger partial charge in [-0.3, -0.25) is 0 Å². The lowest BCUT2D eigenvalue weighted by atomic mass is 9.76. The van der Waals surface area contributed by atoms with E-state index in [1.165, 1.54) is 0 Å². The fourth-order valence-electron chi connectivity index (χ4n) is 2.34. The first-order chi connectivity index (χ1) is 9.72. The predicted octanol–water partition coefficient (Wildman–Crippen LogP) is 1.54. The van der Waals surface area contributed by atoms with Gasteiger partial charge in [0.15, 0.2) is 0 Å². The number of nitrogens with one attached hydrogen (secondary N) is 1. The molecule has 112 valence electrons. The molecule has 0 saturated heterocycles. The van der Waals surface area contributed by atoms with Crippen molar-refractivity contribution < 1.29 is 9.90 Å². The fourth-order valence-corrected chi connectivity index (χ4v) is 2.34. The second-order valence-electron chi connectivity index (χ2n) is 6.33. The van der Waals surface area contributed by atoms with Crippen LogP contribution in [0.2, 0.25) is 0 Å². The summed E-state index contributed by atoms with van der Waals surface area (Å²) < 4.78 is 0. The summed E-state index contributed by atoms with van der Waals surface area (Å²) in [7, 11) is 0. The van der Waals surface area contributed by atoms with E-state index in [2.05, 4.69) is 20.6 Å². The van der Waals surface area contributed by atoms with Gasteiger partial charge in [0.05, 0.1) is 0 Å². The van der Waals surface area contributed by atoms with Crippen molar-refractivity contribution in [1.82, 2.24) is 20.6 Å². The van der Waals surface area contributed by atoms with Crippen LogP contribution in [0.5, 0.6) is 0 Å². The predicted molar refractivity (Wildman–Crippen MR) is 77.2 cm³/mol. The third-order valence-corrected chi connectivity index (χ3v) is 3.19. The lowest BCUT2D eigenvalue weighted by Gasteiger charge is -2.32. The van der Waals surface area contributed by atoms with Crippen molar-refractivity contribution in [1.29, 1.82) is 0 Å². The van der Waals surface area contributed by atoms with Gasteiger partial charge in [-0.05, 0) is 22.6 Å². The zero-order chi connectivity index (χ0) is 15.7. The summed E-state index contributed by atoms with van der Waals surface area (Å²) in [6.07, 6.45) is 0.330. The Morgan fingerprint density at radius 3 is 2.33 bits per heavy atom. The minimum Gasteiger partial charge on any atom is -0.480 e. The third-order valence-electron chi connectivity index (χ3n) is 3.19. The first-order valence-corrected chi connectivity index (χ1v) is 6.59. The summed E-state index contributed by atoms with van der Waals surface area (Å²) in [6, 6.07) is 6.89. The van der Waals surface area contributed by atoms with Gasteiger partial charge in [0.2, 0.25) is 5.82 Å². The maximum atomic E-state index is 11.6. The lowest BCUT2D eigenvalue weighted by Crippen LogP contribution is -2.47. The van der Waals surface area contributed by atoms with Gasteiger partial charge in [-0.25, -0.2) is 4.79 Å². The number of nitrogens with two attached hydrogens (primary N) is 1. The molecule has 21 heavy (non-hydrogen) atoms. The van der Waals surface area contributed by atoms with Gasteiger partial charge >= 0.3 is 5.97 Å². The molecule has 0 saturated carbocycles. The minimum absolute atomic E-state index is 0.209. The Bertz CT molecular complexity index is 616. The summed E-state index contributed by atoms with van der Waals surface area (Å²) in [5.41, 5.74) is 5.84. The van der Waals surface area contributed by atoms with Crippen molar-refractivity contribution in [3.63, 3.8) is 0 Å². The van der Waals surface area contributed by atoms with E-state index in [0.29, 0.717) is 17.8 Å². The number of aromatic amines is 1. The fraction of sp³-hybridized carbons (Fsp3) is 0.429. The first kappa shape index (κ1) is 15.1. The molecular formula is C14H19N5O2. The summed E-state index contributed by atoms with van der Waals surface area (Å²) in [4.78, 5) is 11.6. The molecule has 0 bridgehead atoms. The molecule has 1 atom stereocenters. The number of H-pyrrole nitrogens is 1. The number of tetrazole rings is 1. The molecule has 1 aromatic carbocycles. The van der Waals surface area contributed by atoms with E-state index in [0.717, 1.165) is 5.56 Å². The molecule has 2 rings (SSSR count). The monoisotopic (exact) mass is 289 g/mol. The van der Waals surface area contributed by atoms with Gasteiger partial charge in [0, 0.05) is 5.56 Å². The van der Waals surface area contributed by atoms with Gasteiger partial charge in [-0.1, -0.05) is 45.0 Å². The van der Waals surface area contributed by atoms with E-state index in [1.807, 2.05) is 20.8 Å². The quantitative estimate of drug-likeness (QED) is 0.785. The number of benzene rings is 1. The lowest BCUT2D eigenvalue weighted by molar-refractivity contribution is -0.145. The topological polar surface area (TPSA) is 118 Å². The molecule has 0 radical (unpaired) electrons. The average molecular weight is 289 g/mol. The molecule has 7 heteroatoms. The van der Waals surface area contributed by atoms with Crippen molar-refractivity contribution in [2.45, 2.75) is 32.7 Å². The Hall–Kier alpha value is -2.28. The average Bonchev–Trinajstić information content (AvgIpc) is 2.90. The minimum atomic E-state index is -1.42. The van der Waals surface area contributed by atoms with Gasteiger partial charge in [-0.2, -0.15) is 5.21 Å². The van der Waals surface area contributed by atoms with Crippen LogP contribution in [0.1, 0.15) is 32.8 Å². The molecule has 0 aliphatic heterocycles. The number of carboxylic acids is 1. The van der Waals surface area contributed by atoms with Crippen LogP contribution in [-0.2, 0) is 10.3 Å². The van der Waals surface area contributed by atoms with Crippen LogP contribution in [0.4, 0.5) is 0 Å². The molecule has 0 aliphatic carbocycles. The van der Waals surface area contributed by atoms with Crippen LogP contribution in [-0.4, -0.2) is 31.7 Å². The molecular weight excluding hydrogens is 270 g/mol. The Morgan fingerprint density at radius 1 is 1.29 bits per heavy atom. The van der Waals surface area contributed by atoms with Gasteiger partial charge in [-0.15, -0.1) is 10.2 Å². The molecule has 0 fully saturated rings.